The molecule has 0 aliphatic heterocycles. The predicted octanol–water partition coefficient (Wildman–Crippen LogP) is 13.8. The van der Waals surface area contributed by atoms with Crippen molar-refractivity contribution in [2.24, 2.45) is 0 Å². The van der Waals surface area contributed by atoms with E-state index < -0.39 is 0 Å². The van der Waals surface area contributed by atoms with Gasteiger partial charge < -0.3 is 9.13 Å². The van der Waals surface area contributed by atoms with E-state index in [1.54, 1.807) is 0 Å². The summed E-state index contributed by atoms with van der Waals surface area (Å²) in [6.45, 7) is 13.8. The molecule has 0 saturated carbocycles. The number of hydrogen-bond acceptors (Lipinski definition) is 0. The number of nitrogens with zero attached hydrogens (tertiary/aromatic N) is 2. The number of para-hydroxylation sites is 2. The van der Waals surface area contributed by atoms with E-state index >= 15 is 0 Å². The van der Waals surface area contributed by atoms with Gasteiger partial charge >= 0.3 is 0 Å². The van der Waals surface area contributed by atoms with Gasteiger partial charge in [0, 0.05) is 32.9 Å². The molecule has 0 saturated heterocycles. The highest BCUT2D eigenvalue weighted by Gasteiger charge is 2.21. The number of hydrogen-bond donors (Lipinski definition) is 0. The lowest BCUT2D eigenvalue weighted by molar-refractivity contribution is 0.590. The van der Waals surface area contributed by atoms with Gasteiger partial charge in [0.15, 0.2) is 0 Å². The molecule has 0 fully saturated rings. The van der Waals surface area contributed by atoms with Gasteiger partial charge in [-0.1, -0.05) is 145 Å². The SMILES string of the molecule is CC(C)(C)c1ccc2c3ccccc3n(-c3cccc(-c4cc(-c5ccccc5)cc(-n5c6ccccc6c6ccc(C(C)(C)C)cc65)c4)c3)c2c1. The highest BCUT2D eigenvalue weighted by Crippen LogP contribution is 2.40. The molecular weight excluding hydrogens is 629 g/mol. The Hall–Kier alpha value is -5.86. The quantitative estimate of drug-likeness (QED) is 0.176. The fourth-order valence-electron chi connectivity index (χ4n) is 7.96. The smallest absolute Gasteiger partial charge is 0.0544 e. The van der Waals surface area contributed by atoms with Gasteiger partial charge in [-0.15, -0.1) is 0 Å². The van der Waals surface area contributed by atoms with E-state index in [1.165, 1.54) is 77.0 Å². The summed E-state index contributed by atoms with van der Waals surface area (Å²) >= 11 is 0. The Bertz CT molecular complexity index is 2800. The molecule has 0 aliphatic carbocycles. The molecule has 0 N–H and O–H groups in total. The number of aromatic nitrogens is 2. The Morgan fingerprint density at radius 1 is 0.308 bits per heavy atom. The molecule has 2 nitrogen and oxygen atoms in total. The number of benzene rings is 7. The number of fused-ring (bicyclic) bond motifs is 6. The molecule has 254 valence electrons. The summed E-state index contributed by atoms with van der Waals surface area (Å²) in [5, 5.41) is 5.10. The maximum absolute atomic E-state index is 2.47. The molecule has 2 aromatic heterocycles. The largest absolute Gasteiger partial charge is 0.309 e. The molecule has 7 aromatic carbocycles. The molecule has 52 heavy (non-hydrogen) atoms. The summed E-state index contributed by atoms with van der Waals surface area (Å²) in [6.07, 6.45) is 0. The predicted molar refractivity (Wildman–Crippen MR) is 223 cm³/mol. The van der Waals surface area contributed by atoms with Crippen molar-refractivity contribution in [3.63, 3.8) is 0 Å². The van der Waals surface area contributed by atoms with Crippen LogP contribution in [0.2, 0.25) is 0 Å². The van der Waals surface area contributed by atoms with Gasteiger partial charge in [0.1, 0.15) is 0 Å². The molecule has 0 spiro atoms. The monoisotopic (exact) mass is 672 g/mol. The summed E-state index contributed by atoms with van der Waals surface area (Å²) in [4.78, 5) is 0. The summed E-state index contributed by atoms with van der Waals surface area (Å²) in [6, 6.07) is 58.6. The lowest BCUT2D eigenvalue weighted by Crippen LogP contribution is -2.10. The van der Waals surface area contributed by atoms with Gasteiger partial charge in [-0.25, -0.2) is 0 Å². The van der Waals surface area contributed by atoms with E-state index in [2.05, 4.69) is 208 Å². The van der Waals surface area contributed by atoms with Crippen LogP contribution in [0.1, 0.15) is 52.7 Å². The molecule has 2 heterocycles. The van der Waals surface area contributed by atoms with Crippen molar-refractivity contribution in [2.45, 2.75) is 52.4 Å². The lowest BCUT2D eigenvalue weighted by atomic mass is 9.86. The number of rotatable bonds is 4. The van der Waals surface area contributed by atoms with Crippen LogP contribution >= 0.6 is 0 Å². The Balaban J connectivity index is 1.30. The summed E-state index contributed by atoms with van der Waals surface area (Å²) < 4.78 is 4.92. The fraction of sp³-hybridized carbons (Fsp3) is 0.160. The molecule has 0 atom stereocenters. The molecule has 0 amide bonds. The summed E-state index contributed by atoms with van der Waals surface area (Å²) in [5.74, 6) is 0. The van der Waals surface area contributed by atoms with Crippen LogP contribution in [0.25, 0.3) is 77.2 Å². The highest BCUT2D eigenvalue weighted by atomic mass is 15.0. The van der Waals surface area contributed by atoms with Crippen LogP contribution in [-0.4, -0.2) is 9.13 Å². The lowest BCUT2D eigenvalue weighted by Gasteiger charge is -2.20. The molecular formula is C50H44N2. The average Bonchev–Trinajstić information content (AvgIpc) is 3.67. The molecule has 0 radical (unpaired) electrons. The van der Waals surface area contributed by atoms with Crippen LogP contribution in [0.15, 0.2) is 158 Å². The van der Waals surface area contributed by atoms with Crippen molar-refractivity contribution >= 4 is 43.6 Å². The molecule has 0 aliphatic rings. The van der Waals surface area contributed by atoms with Crippen LogP contribution in [0.5, 0.6) is 0 Å². The van der Waals surface area contributed by atoms with Gasteiger partial charge in [-0.05, 0) is 98.8 Å². The van der Waals surface area contributed by atoms with Crippen molar-refractivity contribution in [1.29, 1.82) is 0 Å². The van der Waals surface area contributed by atoms with Crippen molar-refractivity contribution in [1.82, 2.24) is 9.13 Å². The third kappa shape index (κ3) is 5.33. The van der Waals surface area contributed by atoms with Crippen molar-refractivity contribution in [3.05, 3.63) is 169 Å². The minimum absolute atomic E-state index is 0.0351. The third-order valence-corrected chi connectivity index (χ3v) is 10.8. The molecule has 0 bridgehead atoms. The maximum Gasteiger partial charge on any atom is 0.0544 e. The van der Waals surface area contributed by atoms with E-state index in [9.17, 15) is 0 Å². The van der Waals surface area contributed by atoms with Crippen LogP contribution in [-0.2, 0) is 10.8 Å². The van der Waals surface area contributed by atoms with Gasteiger partial charge in [0.2, 0.25) is 0 Å². The molecule has 9 rings (SSSR count). The minimum Gasteiger partial charge on any atom is -0.309 e. The first-order valence-electron chi connectivity index (χ1n) is 18.4. The first-order valence-corrected chi connectivity index (χ1v) is 18.4. The Morgan fingerprint density at radius 2 is 0.750 bits per heavy atom. The van der Waals surface area contributed by atoms with E-state index in [4.69, 9.17) is 0 Å². The summed E-state index contributed by atoms with van der Waals surface area (Å²) in [5.41, 5.74) is 14.8. The third-order valence-electron chi connectivity index (χ3n) is 10.8. The van der Waals surface area contributed by atoms with Gasteiger partial charge in [-0.2, -0.15) is 0 Å². The first kappa shape index (κ1) is 32.1. The van der Waals surface area contributed by atoms with Crippen LogP contribution in [0, 0.1) is 0 Å². The van der Waals surface area contributed by atoms with Gasteiger partial charge in [0.25, 0.3) is 0 Å². The molecule has 9 aromatic rings. The minimum atomic E-state index is 0.0351. The molecule has 0 unspecified atom stereocenters. The summed E-state index contributed by atoms with van der Waals surface area (Å²) in [7, 11) is 0. The Morgan fingerprint density at radius 3 is 1.31 bits per heavy atom. The first-order chi connectivity index (χ1) is 25.0. The van der Waals surface area contributed by atoms with Gasteiger partial charge in [0.05, 0.1) is 22.1 Å². The van der Waals surface area contributed by atoms with E-state index in [0.717, 1.165) is 11.4 Å². The Kier molecular flexibility index (Phi) is 7.31. The van der Waals surface area contributed by atoms with E-state index in [-0.39, 0.29) is 10.8 Å². The topological polar surface area (TPSA) is 9.86 Å². The molecule has 2 heteroatoms. The zero-order valence-corrected chi connectivity index (χ0v) is 30.9. The second-order valence-corrected chi connectivity index (χ2v) is 16.4. The second-order valence-electron chi connectivity index (χ2n) is 16.4. The van der Waals surface area contributed by atoms with E-state index in [0.29, 0.717) is 0 Å². The van der Waals surface area contributed by atoms with Gasteiger partial charge in [-0.3, -0.25) is 0 Å². The second kappa shape index (κ2) is 11.9. The van der Waals surface area contributed by atoms with Crippen molar-refractivity contribution in [3.8, 4) is 33.6 Å². The highest BCUT2D eigenvalue weighted by molar-refractivity contribution is 6.10. The standard InChI is InChI=1S/C50H44N2/c1-49(2,3)37-23-25-43-41-19-10-12-21-45(41)51(47(43)31-37)39-18-14-17-34(28-39)36-27-35(33-15-8-7-9-16-33)29-40(30-36)52-46-22-13-11-20-42(46)44-26-24-38(32-48(44)52)50(4,5)6/h7-32H,1-6H3. The zero-order valence-electron chi connectivity index (χ0n) is 30.9. The van der Waals surface area contributed by atoms with Crippen LogP contribution in [0.3, 0.4) is 0 Å². The fourth-order valence-corrected chi connectivity index (χ4v) is 7.96. The normalized spacial score (nSPS) is 12.4. The van der Waals surface area contributed by atoms with Crippen molar-refractivity contribution < 1.29 is 0 Å². The van der Waals surface area contributed by atoms with Crippen LogP contribution < -0.4 is 0 Å². The van der Waals surface area contributed by atoms with Crippen LogP contribution in [0.4, 0.5) is 0 Å². The van der Waals surface area contributed by atoms with E-state index in [1.807, 2.05) is 0 Å². The Labute approximate surface area is 306 Å². The van der Waals surface area contributed by atoms with Crippen molar-refractivity contribution in [2.75, 3.05) is 0 Å². The average molecular weight is 673 g/mol. The zero-order chi connectivity index (χ0) is 35.8. The maximum atomic E-state index is 2.47.